The van der Waals surface area contributed by atoms with Crippen LogP contribution in [0.4, 0.5) is 8.78 Å². The normalized spacial score (nSPS) is 17.0. The predicted octanol–water partition coefficient (Wildman–Crippen LogP) is 3.97. The lowest BCUT2D eigenvalue weighted by atomic mass is 9.78. The van der Waals surface area contributed by atoms with Gasteiger partial charge in [0.1, 0.15) is 24.8 Å². The Balaban J connectivity index is 1.52. The lowest BCUT2D eigenvalue weighted by Gasteiger charge is -2.28. The highest BCUT2D eigenvalue weighted by Gasteiger charge is 2.45. The number of hydrogen-bond acceptors (Lipinski definition) is 5. The van der Waals surface area contributed by atoms with Gasteiger partial charge in [-0.05, 0) is 42.7 Å². The summed E-state index contributed by atoms with van der Waals surface area (Å²) in [5, 5.41) is 0. The number of ketones is 1. The van der Waals surface area contributed by atoms with E-state index in [4.69, 9.17) is 14.2 Å². The van der Waals surface area contributed by atoms with Gasteiger partial charge in [0.15, 0.2) is 18.1 Å². The molecular formula is C22H20F2O5. The van der Waals surface area contributed by atoms with E-state index in [1.807, 2.05) is 6.07 Å². The highest BCUT2D eigenvalue weighted by Crippen LogP contribution is 2.45. The monoisotopic (exact) mass is 402 g/mol. The van der Waals surface area contributed by atoms with Crippen LogP contribution in [0.2, 0.25) is 0 Å². The Labute approximate surface area is 166 Å². The molecule has 2 aliphatic rings. The van der Waals surface area contributed by atoms with E-state index in [0.717, 1.165) is 30.5 Å². The van der Waals surface area contributed by atoms with E-state index in [1.54, 1.807) is 12.1 Å². The Morgan fingerprint density at radius 3 is 2.41 bits per heavy atom. The van der Waals surface area contributed by atoms with Crippen molar-refractivity contribution in [3.8, 4) is 11.5 Å². The van der Waals surface area contributed by atoms with Gasteiger partial charge in [-0.25, -0.2) is 8.78 Å². The standard InChI is InChI=1S/C22H20F2O5/c23-15-4-5-16(17(24)12-15)18(25)13-29-21(26)22(7-1-2-8-22)14-3-6-19-20(11-14)28-10-9-27-19/h3-6,11-12H,1-2,7-10,13H2. The van der Waals surface area contributed by atoms with Crippen molar-refractivity contribution in [3.63, 3.8) is 0 Å². The quantitative estimate of drug-likeness (QED) is 0.559. The van der Waals surface area contributed by atoms with Crippen molar-refractivity contribution in [2.45, 2.75) is 31.1 Å². The Morgan fingerprint density at radius 2 is 1.69 bits per heavy atom. The topological polar surface area (TPSA) is 61.8 Å². The van der Waals surface area contributed by atoms with Crippen molar-refractivity contribution < 1.29 is 32.6 Å². The molecule has 5 nitrogen and oxygen atoms in total. The summed E-state index contributed by atoms with van der Waals surface area (Å²) in [6.07, 6.45) is 2.88. The molecule has 0 amide bonds. The summed E-state index contributed by atoms with van der Waals surface area (Å²) < 4.78 is 43.3. The van der Waals surface area contributed by atoms with Crippen molar-refractivity contribution in [2.75, 3.05) is 19.8 Å². The molecule has 1 heterocycles. The number of carbonyl (C=O) groups excluding carboxylic acids is 2. The van der Waals surface area contributed by atoms with E-state index in [9.17, 15) is 18.4 Å². The molecule has 152 valence electrons. The average molecular weight is 402 g/mol. The van der Waals surface area contributed by atoms with Crippen LogP contribution < -0.4 is 9.47 Å². The number of hydrogen-bond donors (Lipinski definition) is 0. The van der Waals surface area contributed by atoms with Crippen LogP contribution in [0.3, 0.4) is 0 Å². The van der Waals surface area contributed by atoms with E-state index >= 15 is 0 Å². The summed E-state index contributed by atoms with van der Waals surface area (Å²) >= 11 is 0. The van der Waals surface area contributed by atoms with Crippen LogP contribution in [0, 0.1) is 11.6 Å². The van der Waals surface area contributed by atoms with E-state index < -0.39 is 35.4 Å². The molecule has 1 aliphatic carbocycles. The zero-order chi connectivity index (χ0) is 20.4. The van der Waals surface area contributed by atoms with Crippen molar-refractivity contribution in [3.05, 3.63) is 59.2 Å². The molecule has 4 rings (SSSR count). The largest absolute Gasteiger partial charge is 0.486 e. The fourth-order valence-corrected chi connectivity index (χ4v) is 3.99. The number of carbonyl (C=O) groups is 2. The van der Waals surface area contributed by atoms with Gasteiger partial charge < -0.3 is 14.2 Å². The van der Waals surface area contributed by atoms with Crippen LogP contribution in [0.5, 0.6) is 11.5 Å². The van der Waals surface area contributed by atoms with Crippen LogP contribution in [-0.2, 0) is 14.9 Å². The van der Waals surface area contributed by atoms with Crippen LogP contribution in [0.15, 0.2) is 36.4 Å². The van der Waals surface area contributed by atoms with Crippen molar-refractivity contribution in [1.82, 2.24) is 0 Å². The van der Waals surface area contributed by atoms with E-state index in [-0.39, 0.29) is 5.56 Å². The minimum absolute atomic E-state index is 0.306. The molecule has 0 atom stereocenters. The zero-order valence-corrected chi connectivity index (χ0v) is 15.7. The SMILES string of the molecule is O=C(COC(=O)C1(c2ccc3c(c2)OCCO3)CCCC1)c1ccc(F)cc1F. The van der Waals surface area contributed by atoms with E-state index in [2.05, 4.69) is 0 Å². The molecule has 2 aromatic rings. The number of Topliss-reactive ketones (excluding diaryl/α,β-unsaturated/α-hetero) is 1. The summed E-state index contributed by atoms with van der Waals surface area (Å²) in [5.74, 6) is -1.79. The number of halogens is 2. The third kappa shape index (κ3) is 3.69. The molecular weight excluding hydrogens is 382 g/mol. The van der Waals surface area contributed by atoms with Gasteiger partial charge in [0.25, 0.3) is 0 Å². The molecule has 0 N–H and O–H groups in total. The lowest BCUT2D eigenvalue weighted by Crippen LogP contribution is -2.36. The van der Waals surface area contributed by atoms with E-state index in [1.165, 1.54) is 0 Å². The number of esters is 1. The molecule has 1 aliphatic heterocycles. The minimum Gasteiger partial charge on any atom is -0.486 e. The first kappa shape index (κ1) is 19.4. The maximum atomic E-state index is 13.8. The summed E-state index contributed by atoms with van der Waals surface area (Å²) in [6.45, 7) is 0.306. The van der Waals surface area contributed by atoms with Gasteiger partial charge in [-0.2, -0.15) is 0 Å². The Kier molecular flexibility index (Phi) is 5.22. The predicted molar refractivity (Wildman–Crippen MR) is 99.2 cm³/mol. The molecule has 0 bridgehead atoms. The first-order valence-electron chi connectivity index (χ1n) is 9.55. The fourth-order valence-electron chi connectivity index (χ4n) is 3.99. The van der Waals surface area contributed by atoms with Crippen LogP contribution in [0.25, 0.3) is 0 Å². The highest BCUT2D eigenvalue weighted by atomic mass is 19.1. The maximum absolute atomic E-state index is 13.8. The molecule has 0 aromatic heterocycles. The molecule has 0 spiro atoms. The van der Waals surface area contributed by atoms with Gasteiger partial charge in [-0.15, -0.1) is 0 Å². The van der Waals surface area contributed by atoms with Crippen molar-refractivity contribution in [1.29, 1.82) is 0 Å². The van der Waals surface area contributed by atoms with Gasteiger partial charge in [0, 0.05) is 6.07 Å². The number of ether oxygens (including phenoxy) is 3. The fraction of sp³-hybridized carbons (Fsp3) is 0.364. The Hall–Kier alpha value is -2.96. The first-order chi connectivity index (χ1) is 14.0. The maximum Gasteiger partial charge on any atom is 0.317 e. The third-order valence-electron chi connectivity index (χ3n) is 5.51. The molecule has 0 saturated heterocycles. The molecule has 0 radical (unpaired) electrons. The molecule has 1 saturated carbocycles. The summed E-state index contributed by atoms with van der Waals surface area (Å²) in [5.41, 5.74) is -0.430. The summed E-state index contributed by atoms with van der Waals surface area (Å²) in [6, 6.07) is 8.06. The number of fused-ring (bicyclic) bond motifs is 1. The second kappa shape index (κ2) is 7.81. The highest BCUT2D eigenvalue weighted by molar-refractivity contribution is 5.98. The van der Waals surface area contributed by atoms with Gasteiger partial charge in [0.2, 0.25) is 5.78 Å². The minimum atomic E-state index is -0.978. The van der Waals surface area contributed by atoms with Crippen molar-refractivity contribution in [2.24, 2.45) is 0 Å². The van der Waals surface area contributed by atoms with Gasteiger partial charge >= 0.3 is 5.97 Å². The van der Waals surface area contributed by atoms with E-state index in [0.29, 0.717) is 43.6 Å². The van der Waals surface area contributed by atoms with Gasteiger partial charge in [0.05, 0.1) is 11.0 Å². The first-order valence-corrected chi connectivity index (χ1v) is 9.55. The zero-order valence-electron chi connectivity index (χ0n) is 15.7. The summed E-state index contributed by atoms with van der Waals surface area (Å²) in [4.78, 5) is 25.3. The second-order valence-corrected chi connectivity index (χ2v) is 7.27. The number of rotatable bonds is 5. The third-order valence-corrected chi connectivity index (χ3v) is 5.51. The second-order valence-electron chi connectivity index (χ2n) is 7.27. The molecule has 1 fully saturated rings. The lowest BCUT2D eigenvalue weighted by molar-refractivity contribution is -0.149. The Morgan fingerprint density at radius 1 is 0.966 bits per heavy atom. The smallest absolute Gasteiger partial charge is 0.317 e. The average Bonchev–Trinajstić information content (AvgIpc) is 3.22. The number of benzene rings is 2. The van der Waals surface area contributed by atoms with Crippen LogP contribution >= 0.6 is 0 Å². The van der Waals surface area contributed by atoms with Gasteiger partial charge in [-0.1, -0.05) is 18.9 Å². The molecule has 7 heteroatoms. The van der Waals surface area contributed by atoms with Crippen molar-refractivity contribution >= 4 is 11.8 Å². The summed E-state index contributed by atoms with van der Waals surface area (Å²) in [7, 11) is 0. The molecule has 0 unspecified atom stereocenters. The van der Waals surface area contributed by atoms with Gasteiger partial charge in [-0.3, -0.25) is 9.59 Å². The molecule has 2 aromatic carbocycles. The molecule has 29 heavy (non-hydrogen) atoms. The van der Waals surface area contributed by atoms with Crippen LogP contribution in [-0.4, -0.2) is 31.6 Å². The van der Waals surface area contributed by atoms with Crippen LogP contribution in [0.1, 0.15) is 41.6 Å². The Bertz CT molecular complexity index is 950.